The molecule has 21 heavy (non-hydrogen) atoms. The number of alkyl carbamates (subject to hydrolysis) is 1. The third-order valence-corrected chi connectivity index (χ3v) is 3.76. The Morgan fingerprint density at radius 2 is 1.81 bits per heavy atom. The van der Waals surface area contributed by atoms with Gasteiger partial charge >= 0.3 is 12.1 Å². The van der Waals surface area contributed by atoms with Crippen molar-refractivity contribution in [2.24, 2.45) is 5.41 Å². The molecule has 0 bridgehead atoms. The number of alkyl halides is 1. The maximum atomic E-state index is 11.8. The maximum absolute atomic E-state index is 11.8. The second-order valence-corrected chi connectivity index (χ2v) is 6.94. The molecule has 1 amide bonds. The molecule has 0 unspecified atom stereocenters. The molecule has 0 aromatic rings. The highest BCUT2D eigenvalue weighted by atomic mass is 35.5. The van der Waals surface area contributed by atoms with E-state index in [4.69, 9.17) is 21.1 Å². The molecule has 0 aromatic heterocycles. The summed E-state index contributed by atoms with van der Waals surface area (Å²) in [4.78, 5) is 23.5. The first-order valence-corrected chi connectivity index (χ1v) is 7.98. The summed E-state index contributed by atoms with van der Waals surface area (Å²) in [5.74, 6) is -0.308. The van der Waals surface area contributed by atoms with E-state index in [0.29, 0.717) is 6.54 Å². The number of amides is 1. The van der Waals surface area contributed by atoms with Crippen molar-refractivity contribution in [3.8, 4) is 0 Å². The van der Waals surface area contributed by atoms with E-state index in [-0.39, 0.29) is 23.9 Å². The summed E-state index contributed by atoms with van der Waals surface area (Å²) in [6.45, 7) is 5.89. The molecule has 1 N–H and O–H groups in total. The van der Waals surface area contributed by atoms with E-state index in [1.165, 1.54) is 6.42 Å². The topological polar surface area (TPSA) is 64.6 Å². The van der Waals surface area contributed by atoms with Gasteiger partial charge in [-0.3, -0.25) is 4.79 Å². The number of rotatable bonds is 5. The second-order valence-electron chi connectivity index (χ2n) is 6.72. The van der Waals surface area contributed by atoms with Crippen LogP contribution in [0.1, 0.15) is 59.3 Å². The number of carbonyl (C=O) groups excluding carboxylic acids is 2. The highest BCUT2D eigenvalue weighted by Crippen LogP contribution is 2.39. The first-order valence-electron chi connectivity index (χ1n) is 7.45. The Bertz CT molecular complexity index is 359. The van der Waals surface area contributed by atoms with Crippen LogP contribution in [-0.4, -0.2) is 30.3 Å². The molecular weight excluding hydrogens is 294 g/mol. The largest absolute Gasteiger partial charge is 0.449 e. The Kier molecular flexibility index (Phi) is 6.78. The Morgan fingerprint density at radius 1 is 1.19 bits per heavy atom. The molecule has 0 heterocycles. The number of nitrogens with one attached hydrogen (secondary N) is 1. The lowest BCUT2D eigenvalue weighted by Crippen LogP contribution is -2.42. The summed E-state index contributed by atoms with van der Waals surface area (Å²) in [6, 6.07) is -0.131. The predicted octanol–water partition coefficient (Wildman–Crippen LogP) is 3.59. The molecule has 0 spiro atoms. The van der Waals surface area contributed by atoms with E-state index < -0.39 is 11.7 Å². The quantitative estimate of drug-likeness (QED) is 0.621. The van der Waals surface area contributed by atoms with E-state index in [2.05, 4.69) is 5.32 Å². The average Bonchev–Trinajstić information content (AvgIpc) is 2.36. The van der Waals surface area contributed by atoms with Gasteiger partial charge in [0.1, 0.15) is 5.60 Å². The van der Waals surface area contributed by atoms with E-state index in [1.54, 1.807) is 0 Å². The standard InChI is InChI=1S/C15H26ClNO4/c1-14(2,3)21-13(19)17-10-15(7-5-4-6-8-15)9-12(18)20-11-16/h4-11H2,1-3H3,(H,17,19). The lowest BCUT2D eigenvalue weighted by Gasteiger charge is -2.36. The highest BCUT2D eigenvalue weighted by Gasteiger charge is 2.35. The molecule has 1 aliphatic rings. The SMILES string of the molecule is CC(C)(C)OC(=O)NCC1(CC(=O)OCCl)CCCCC1. The van der Waals surface area contributed by atoms with Gasteiger partial charge in [-0.1, -0.05) is 30.9 Å². The molecule has 1 rings (SSSR count). The van der Waals surface area contributed by atoms with Crippen LogP contribution in [0, 0.1) is 5.41 Å². The summed E-state index contributed by atoms with van der Waals surface area (Å²) in [5, 5.41) is 2.80. The van der Waals surface area contributed by atoms with Crippen molar-refractivity contribution in [1.82, 2.24) is 5.32 Å². The van der Waals surface area contributed by atoms with Crippen LogP contribution in [0.5, 0.6) is 0 Å². The molecule has 0 atom stereocenters. The van der Waals surface area contributed by atoms with Crippen molar-refractivity contribution in [2.75, 3.05) is 12.6 Å². The highest BCUT2D eigenvalue weighted by molar-refractivity contribution is 6.17. The molecule has 0 aromatic carbocycles. The van der Waals surface area contributed by atoms with Crippen molar-refractivity contribution in [1.29, 1.82) is 0 Å². The number of halogens is 1. The minimum absolute atomic E-state index is 0.131. The monoisotopic (exact) mass is 319 g/mol. The molecule has 0 aliphatic heterocycles. The van der Waals surface area contributed by atoms with Gasteiger partial charge in [0.25, 0.3) is 0 Å². The van der Waals surface area contributed by atoms with Crippen LogP contribution in [-0.2, 0) is 14.3 Å². The summed E-state index contributed by atoms with van der Waals surface area (Å²) in [7, 11) is 0. The summed E-state index contributed by atoms with van der Waals surface area (Å²) in [5.41, 5.74) is -0.764. The van der Waals surface area contributed by atoms with Crippen LogP contribution in [0.2, 0.25) is 0 Å². The first kappa shape index (κ1) is 18.1. The number of hydrogen-bond donors (Lipinski definition) is 1. The predicted molar refractivity (Wildman–Crippen MR) is 81.2 cm³/mol. The molecule has 1 saturated carbocycles. The third-order valence-electron chi connectivity index (χ3n) is 3.66. The summed E-state index contributed by atoms with van der Waals surface area (Å²) in [6.07, 6.45) is 4.93. The van der Waals surface area contributed by atoms with Crippen LogP contribution >= 0.6 is 11.6 Å². The summed E-state index contributed by atoms with van der Waals surface area (Å²) >= 11 is 5.43. The van der Waals surface area contributed by atoms with Gasteiger partial charge in [-0.2, -0.15) is 0 Å². The van der Waals surface area contributed by atoms with Crippen LogP contribution in [0.25, 0.3) is 0 Å². The lowest BCUT2D eigenvalue weighted by atomic mass is 9.72. The smallest absolute Gasteiger partial charge is 0.407 e. The Morgan fingerprint density at radius 3 is 2.33 bits per heavy atom. The molecule has 122 valence electrons. The van der Waals surface area contributed by atoms with Crippen LogP contribution in [0.4, 0.5) is 4.79 Å². The second kappa shape index (κ2) is 7.87. The van der Waals surface area contributed by atoms with E-state index in [0.717, 1.165) is 25.7 Å². The van der Waals surface area contributed by atoms with Gasteiger partial charge in [-0.25, -0.2) is 4.79 Å². The third kappa shape index (κ3) is 7.02. The van der Waals surface area contributed by atoms with E-state index in [1.807, 2.05) is 20.8 Å². The maximum Gasteiger partial charge on any atom is 0.407 e. The van der Waals surface area contributed by atoms with Crippen molar-refractivity contribution >= 4 is 23.7 Å². The normalized spacial score (nSPS) is 17.9. The number of hydrogen-bond acceptors (Lipinski definition) is 4. The van der Waals surface area contributed by atoms with E-state index >= 15 is 0 Å². The van der Waals surface area contributed by atoms with Gasteiger partial charge in [0.2, 0.25) is 0 Å². The Labute approximate surface area is 131 Å². The van der Waals surface area contributed by atoms with Gasteiger partial charge in [-0.15, -0.1) is 0 Å². The van der Waals surface area contributed by atoms with Crippen molar-refractivity contribution < 1.29 is 19.1 Å². The van der Waals surface area contributed by atoms with Gasteiger partial charge in [0.05, 0.1) is 6.42 Å². The van der Waals surface area contributed by atoms with E-state index in [9.17, 15) is 9.59 Å². The molecule has 6 heteroatoms. The fourth-order valence-corrected chi connectivity index (χ4v) is 2.83. The Balaban J connectivity index is 2.57. The van der Waals surface area contributed by atoms with Crippen molar-refractivity contribution in [2.45, 2.75) is 64.9 Å². The zero-order chi connectivity index (χ0) is 15.9. The van der Waals surface area contributed by atoms with Crippen LogP contribution in [0.15, 0.2) is 0 Å². The average molecular weight is 320 g/mol. The molecule has 5 nitrogen and oxygen atoms in total. The summed E-state index contributed by atoms with van der Waals surface area (Å²) < 4.78 is 10.1. The Hall–Kier alpha value is -0.970. The van der Waals surface area contributed by atoms with Gasteiger partial charge in [0, 0.05) is 6.54 Å². The molecule has 1 fully saturated rings. The van der Waals surface area contributed by atoms with Gasteiger partial charge < -0.3 is 14.8 Å². The van der Waals surface area contributed by atoms with Crippen LogP contribution < -0.4 is 5.32 Å². The van der Waals surface area contributed by atoms with Gasteiger partial charge in [0.15, 0.2) is 6.07 Å². The number of ether oxygens (including phenoxy) is 2. The number of carbonyl (C=O) groups is 2. The van der Waals surface area contributed by atoms with Crippen molar-refractivity contribution in [3.63, 3.8) is 0 Å². The minimum atomic E-state index is -0.526. The molecule has 1 aliphatic carbocycles. The molecule has 0 saturated heterocycles. The zero-order valence-corrected chi connectivity index (χ0v) is 13.9. The fourth-order valence-electron chi connectivity index (χ4n) is 2.71. The van der Waals surface area contributed by atoms with Crippen LogP contribution in [0.3, 0.4) is 0 Å². The van der Waals surface area contributed by atoms with Crippen molar-refractivity contribution in [3.05, 3.63) is 0 Å². The fraction of sp³-hybridized carbons (Fsp3) is 0.867. The molecular formula is C15H26ClNO4. The minimum Gasteiger partial charge on any atom is -0.449 e. The lowest BCUT2D eigenvalue weighted by molar-refractivity contribution is -0.145. The molecule has 0 radical (unpaired) electrons. The number of esters is 1. The zero-order valence-electron chi connectivity index (χ0n) is 13.2. The van der Waals surface area contributed by atoms with Gasteiger partial charge in [-0.05, 0) is 39.0 Å². The first-order chi connectivity index (χ1) is 9.76.